The molecular weight excluding hydrogens is 220 g/mol. The van der Waals surface area contributed by atoms with Crippen LogP contribution in [-0.2, 0) is 11.2 Å². The maximum atomic E-state index is 12.4. The molecule has 0 radical (unpaired) electrons. The highest BCUT2D eigenvalue weighted by molar-refractivity contribution is 7.09. The molecule has 3 nitrogen and oxygen atoms in total. The second kappa shape index (κ2) is 4.63. The van der Waals surface area contributed by atoms with Crippen LogP contribution in [0.3, 0.4) is 0 Å². The third kappa shape index (κ3) is 2.04. The lowest BCUT2D eigenvalue weighted by atomic mass is 9.72. The van der Waals surface area contributed by atoms with E-state index in [4.69, 9.17) is 0 Å². The molecule has 0 bridgehead atoms. The molecule has 1 aromatic heterocycles. The number of rotatable bonds is 4. The summed E-state index contributed by atoms with van der Waals surface area (Å²) in [6.45, 7) is 6.08. The molecular formula is C12H18N2OS. The van der Waals surface area contributed by atoms with E-state index in [-0.39, 0.29) is 5.41 Å². The van der Waals surface area contributed by atoms with Crippen LogP contribution in [0.1, 0.15) is 25.3 Å². The molecule has 1 atom stereocenters. The number of hydrogen-bond donors (Lipinski definition) is 1. The summed E-state index contributed by atoms with van der Waals surface area (Å²) < 4.78 is 0. The number of hydrogen-bond acceptors (Lipinski definition) is 4. The van der Waals surface area contributed by atoms with Crippen LogP contribution in [0.4, 0.5) is 0 Å². The molecule has 1 aliphatic heterocycles. The van der Waals surface area contributed by atoms with E-state index >= 15 is 0 Å². The van der Waals surface area contributed by atoms with Crippen molar-refractivity contribution in [3.63, 3.8) is 0 Å². The number of Topliss-reactive ketones (excluding diaryl/α,β-unsaturated/α-hetero) is 1. The van der Waals surface area contributed by atoms with E-state index in [1.54, 1.807) is 17.5 Å². The Morgan fingerprint density at radius 3 is 3.00 bits per heavy atom. The van der Waals surface area contributed by atoms with Crippen molar-refractivity contribution in [1.29, 1.82) is 0 Å². The summed E-state index contributed by atoms with van der Waals surface area (Å²) >= 11 is 1.57. The van der Waals surface area contributed by atoms with Crippen molar-refractivity contribution in [1.82, 2.24) is 10.3 Å². The van der Waals surface area contributed by atoms with Gasteiger partial charge in [-0.1, -0.05) is 13.8 Å². The Bertz CT molecular complexity index is 353. The lowest BCUT2D eigenvalue weighted by Crippen LogP contribution is -2.39. The number of thiazole rings is 1. The van der Waals surface area contributed by atoms with Crippen LogP contribution < -0.4 is 5.32 Å². The van der Waals surface area contributed by atoms with Gasteiger partial charge in [0.25, 0.3) is 0 Å². The van der Waals surface area contributed by atoms with Crippen molar-refractivity contribution in [3.05, 3.63) is 16.6 Å². The minimum Gasteiger partial charge on any atom is -0.316 e. The van der Waals surface area contributed by atoms with E-state index in [1.807, 2.05) is 5.38 Å². The molecule has 1 saturated heterocycles. The van der Waals surface area contributed by atoms with Gasteiger partial charge in [0.2, 0.25) is 0 Å². The lowest BCUT2D eigenvalue weighted by Gasteiger charge is -2.30. The van der Waals surface area contributed by atoms with E-state index in [0.717, 1.165) is 24.5 Å². The van der Waals surface area contributed by atoms with Gasteiger partial charge in [-0.25, -0.2) is 4.98 Å². The summed E-state index contributed by atoms with van der Waals surface area (Å²) in [5.74, 6) is 0.748. The largest absolute Gasteiger partial charge is 0.316 e. The van der Waals surface area contributed by atoms with Crippen LogP contribution in [0.25, 0.3) is 0 Å². The van der Waals surface area contributed by atoms with E-state index in [2.05, 4.69) is 24.1 Å². The first kappa shape index (κ1) is 11.7. The number of nitrogens with one attached hydrogen (secondary N) is 1. The number of ketones is 1. The fraction of sp³-hybridized carbons (Fsp3) is 0.667. The zero-order chi connectivity index (χ0) is 11.6. The van der Waals surface area contributed by atoms with Crippen LogP contribution >= 0.6 is 11.3 Å². The summed E-state index contributed by atoms with van der Waals surface area (Å²) in [4.78, 5) is 16.6. The summed E-state index contributed by atoms with van der Waals surface area (Å²) in [7, 11) is 0. The second-order valence-electron chi connectivity index (χ2n) is 4.76. The van der Waals surface area contributed by atoms with E-state index in [1.165, 1.54) is 0 Å². The summed E-state index contributed by atoms with van der Waals surface area (Å²) in [5, 5.41) is 6.19. The Balaban J connectivity index is 2.12. The Labute approximate surface area is 100 Å². The average Bonchev–Trinajstić information content (AvgIpc) is 2.87. The standard InChI is InChI=1S/C12H18N2OS/c1-9(2)12(3-4-13-8-12)10(15)7-11-14-5-6-16-11/h5-6,9,13H,3-4,7-8H2,1-2H3. The first-order valence-corrected chi connectivity index (χ1v) is 6.65. The predicted molar refractivity (Wildman–Crippen MR) is 65.6 cm³/mol. The van der Waals surface area contributed by atoms with Crippen molar-refractivity contribution < 1.29 is 4.79 Å². The molecule has 0 saturated carbocycles. The van der Waals surface area contributed by atoms with Crippen molar-refractivity contribution >= 4 is 17.1 Å². The zero-order valence-corrected chi connectivity index (χ0v) is 10.6. The molecule has 0 aliphatic carbocycles. The zero-order valence-electron chi connectivity index (χ0n) is 9.82. The first-order chi connectivity index (χ1) is 7.65. The Kier molecular flexibility index (Phi) is 3.40. The van der Waals surface area contributed by atoms with E-state index in [9.17, 15) is 4.79 Å². The van der Waals surface area contributed by atoms with Crippen molar-refractivity contribution in [2.75, 3.05) is 13.1 Å². The quantitative estimate of drug-likeness (QED) is 0.871. The molecule has 0 aromatic carbocycles. The highest BCUT2D eigenvalue weighted by atomic mass is 32.1. The van der Waals surface area contributed by atoms with Gasteiger partial charge in [0.05, 0.1) is 11.4 Å². The van der Waals surface area contributed by atoms with Crippen LogP contribution in [0.5, 0.6) is 0 Å². The molecule has 88 valence electrons. The highest BCUT2D eigenvalue weighted by Gasteiger charge is 2.43. The average molecular weight is 238 g/mol. The molecule has 1 fully saturated rings. The molecule has 2 rings (SSSR count). The van der Waals surface area contributed by atoms with Crippen LogP contribution in [0.15, 0.2) is 11.6 Å². The van der Waals surface area contributed by atoms with Gasteiger partial charge in [-0.2, -0.15) is 0 Å². The molecule has 0 spiro atoms. The summed E-state index contributed by atoms with van der Waals surface area (Å²) in [5.41, 5.74) is -0.161. The van der Waals surface area contributed by atoms with Crippen molar-refractivity contribution in [2.45, 2.75) is 26.7 Å². The number of nitrogens with zero attached hydrogens (tertiary/aromatic N) is 1. The van der Waals surface area contributed by atoms with Gasteiger partial charge in [0.1, 0.15) is 5.78 Å². The minimum absolute atomic E-state index is 0.161. The fourth-order valence-corrected chi connectivity index (χ4v) is 3.03. The number of aromatic nitrogens is 1. The fourth-order valence-electron chi connectivity index (χ4n) is 2.42. The third-order valence-electron chi connectivity index (χ3n) is 3.64. The summed E-state index contributed by atoms with van der Waals surface area (Å²) in [6, 6.07) is 0. The molecule has 1 aromatic rings. The van der Waals surface area contributed by atoms with Gasteiger partial charge >= 0.3 is 0 Å². The Morgan fingerprint density at radius 2 is 2.50 bits per heavy atom. The Morgan fingerprint density at radius 1 is 1.69 bits per heavy atom. The lowest BCUT2D eigenvalue weighted by molar-refractivity contribution is -0.129. The molecule has 0 amide bonds. The predicted octanol–water partition coefficient (Wildman–Crippen LogP) is 1.89. The molecule has 1 unspecified atom stereocenters. The van der Waals surface area contributed by atoms with Gasteiger partial charge in [-0.15, -0.1) is 11.3 Å². The molecule has 16 heavy (non-hydrogen) atoms. The normalized spacial score (nSPS) is 25.2. The second-order valence-corrected chi connectivity index (χ2v) is 5.74. The highest BCUT2D eigenvalue weighted by Crippen LogP contribution is 2.36. The maximum absolute atomic E-state index is 12.4. The van der Waals surface area contributed by atoms with Gasteiger partial charge in [0, 0.05) is 23.5 Å². The maximum Gasteiger partial charge on any atom is 0.147 e. The van der Waals surface area contributed by atoms with Gasteiger partial charge in [-0.05, 0) is 18.9 Å². The van der Waals surface area contributed by atoms with Crippen LogP contribution in [-0.4, -0.2) is 23.9 Å². The van der Waals surface area contributed by atoms with E-state index in [0.29, 0.717) is 18.1 Å². The molecule has 1 N–H and O–H groups in total. The first-order valence-electron chi connectivity index (χ1n) is 5.77. The Hall–Kier alpha value is -0.740. The topological polar surface area (TPSA) is 42.0 Å². The van der Waals surface area contributed by atoms with Crippen molar-refractivity contribution in [3.8, 4) is 0 Å². The molecule has 4 heteroatoms. The smallest absolute Gasteiger partial charge is 0.147 e. The van der Waals surface area contributed by atoms with Crippen LogP contribution in [0.2, 0.25) is 0 Å². The number of carbonyl (C=O) groups is 1. The number of carbonyl (C=O) groups excluding carboxylic acids is 1. The molecule has 1 aliphatic rings. The molecule has 2 heterocycles. The minimum atomic E-state index is -0.161. The summed E-state index contributed by atoms with van der Waals surface area (Å²) in [6.07, 6.45) is 3.23. The van der Waals surface area contributed by atoms with Gasteiger partial charge < -0.3 is 5.32 Å². The van der Waals surface area contributed by atoms with Gasteiger partial charge in [0.15, 0.2) is 0 Å². The van der Waals surface area contributed by atoms with Crippen molar-refractivity contribution in [2.24, 2.45) is 11.3 Å². The van der Waals surface area contributed by atoms with E-state index < -0.39 is 0 Å². The SMILES string of the molecule is CC(C)C1(C(=O)Cc2nccs2)CCNC1. The van der Waals surface area contributed by atoms with Gasteiger partial charge in [-0.3, -0.25) is 4.79 Å². The monoisotopic (exact) mass is 238 g/mol. The third-order valence-corrected chi connectivity index (χ3v) is 4.42. The van der Waals surface area contributed by atoms with Crippen LogP contribution in [0, 0.1) is 11.3 Å².